The van der Waals surface area contributed by atoms with Gasteiger partial charge in [-0.05, 0) is 12.1 Å². The van der Waals surface area contributed by atoms with Crippen molar-refractivity contribution in [2.24, 2.45) is 5.73 Å². The molecule has 0 aliphatic heterocycles. The highest BCUT2D eigenvalue weighted by atomic mass is 35.5. The first-order chi connectivity index (χ1) is 6.72. The van der Waals surface area contributed by atoms with E-state index >= 15 is 0 Å². The third kappa shape index (κ3) is 1.54. The molecule has 5 heteroatoms. The molecule has 0 aliphatic rings. The van der Waals surface area contributed by atoms with Crippen molar-refractivity contribution in [3.05, 3.63) is 34.2 Å². The lowest BCUT2D eigenvalue weighted by Crippen LogP contribution is -2.03. The quantitative estimate of drug-likeness (QED) is 0.762. The van der Waals surface area contributed by atoms with Gasteiger partial charge in [0.1, 0.15) is 11.0 Å². The average Bonchev–Trinajstić information content (AvgIpc) is 2.19. The molecule has 0 radical (unpaired) electrons. The van der Waals surface area contributed by atoms with Crippen molar-refractivity contribution in [1.82, 2.24) is 9.97 Å². The standard InChI is InChI=1S/C9H7Cl2N3/c10-6-3-1-2-5-8(6)13-7(4-12)14-9(5)11/h1-3H,4,12H2. The highest BCUT2D eigenvalue weighted by Crippen LogP contribution is 2.25. The predicted octanol–water partition coefficient (Wildman–Crippen LogP) is 2.40. The first kappa shape index (κ1) is 9.65. The van der Waals surface area contributed by atoms with E-state index in [0.717, 1.165) is 5.39 Å². The van der Waals surface area contributed by atoms with Crippen LogP contribution in [0.4, 0.5) is 0 Å². The number of hydrogen-bond acceptors (Lipinski definition) is 3. The molecule has 14 heavy (non-hydrogen) atoms. The molecule has 3 nitrogen and oxygen atoms in total. The molecular weight excluding hydrogens is 221 g/mol. The Bertz CT molecular complexity index is 485. The highest BCUT2D eigenvalue weighted by molar-refractivity contribution is 6.38. The van der Waals surface area contributed by atoms with Crippen LogP contribution in [0.25, 0.3) is 10.9 Å². The molecule has 1 aromatic carbocycles. The van der Waals surface area contributed by atoms with Crippen molar-refractivity contribution in [3.63, 3.8) is 0 Å². The Morgan fingerprint density at radius 1 is 1.21 bits per heavy atom. The number of benzene rings is 1. The maximum Gasteiger partial charge on any atom is 0.144 e. The molecule has 0 saturated carbocycles. The molecule has 72 valence electrons. The van der Waals surface area contributed by atoms with Gasteiger partial charge in [-0.15, -0.1) is 0 Å². The van der Waals surface area contributed by atoms with Crippen LogP contribution in [0.15, 0.2) is 18.2 Å². The van der Waals surface area contributed by atoms with Gasteiger partial charge < -0.3 is 5.73 Å². The van der Waals surface area contributed by atoms with E-state index in [1.165, 1.54) is 0 Å². The lowest BCUT2D eigenvalue weighted by atomic mass is 10.2. The minimum absolute atomic E-state index is 0.251. The second-order valence-corrected chi connectivity index (χ2v) is 3.54. The fraction of sp³-hybridized carbons (Fsp3) is 0.111. The summed E-state index contributed by atoms with van der Waals surface area (Å²) in [6.45, 7) is 0.251. The summed E-state index contributed by atoms with van der Waals surface area (Å²) in [5.74, 6) is 0.496. The second-order valence-electron chi connectivity index (χ2n) is 2.77. The number of halogens is 2. The Morgan fingerprint density at radius 2 is 2.00 bits per heavy atom. The molecule has 0 saturated heterocycles. The number of rotatable bonds is 1. The maximum absolute atomic E-state index is 5.97. The number of para-hydroxylation sites is 1. The summed E-state index contributed by atoms with van der Waals surface area (Å²) in [4.78, 5) is 8.23. The SMILES string of the molecule is NCc1nc(Cl)c2cccc(Cl)c2n1. The molecule has 0 bridgehead atoms. The van der Waals surface area contributed by atoms with Crippen LogP contribution in [0.2, 0.25) is 10.2 Å². The minimum atomic E-state index is 0.251. The van der Waals surface area contributed by atoms with Gasteiger partial charge in [0.2, 0.25) is 0 Å². The van der Waals surface area contributed by atoms with Gasteiger partial charge in [-0.3, -0.25) is 0 Å². The zero-order valence-electron chi connectivity index (χ0n) is 7.17. The van der Waals surface area contributed by atoms with Gasteiger partial charge >= 0.3 is 0 Å². The van der Waals surface area contributed by atoms with Gasteiger partial charge in [-0.1, -0.05) is 29.3 Å². The molecule has 0 amide bonds. The summed E-state index contributed by atoms with van der Waals surface area (Å²) in [5, 5.41) is 1.69. The monoisotopic (exact) mass is 227 g/mol. The maximum atomic E-state index is 5.97. The summed E-state index contributed by atoms with van der Waals surface area (Å²) < 4.78 is 0. The Balaban J connectivity index is 2.83. The van der Waals surface area contributed by atoms with Crippen LogP contribution in [-0.4, -0.2) is 9.97 Å². The first-order valence-electron chi connectivity index (χ1n) is 4.03. The van der Waals surface area contributed by atoms with Gasteiger partial charge in [0.25, 0.3) is 0 Å². The van der Waals surface area contributed by atoms with Crippen molar-refractivity contribution < 1.29 is 0 Å². The highest BCUT2D eigenvalue weighted by Gasteiger charge is 2.06. The Labute approximate surface area is 90.9 Å². The fourth-order valence-corrected chi connectivity index (χ4v) is 1.68. The van der Waals surface area contributed by atoms with E-state index in [4.69, 9.17) is 28.9 Å². The van der Waals surface area contributed by atoms with E-state index in [0.29, 0.717) is 21.5 Å². The van der Waals surface area contributed by atoms with Crippen LogP contribution in [0, 0.1) is 0 Å². The van der Waals surface area contributed by atoms with Crippen LogP contribution >= 0.6 is 23.2 Å². The zero-order valence-corrected chi connectivity index (χ0v) is 8.68. The lowest BCUT2D eigenvalue weighted by Gasteiger charge is -2.03. The Hall–Kier alpha value is -0.900. The smallest absolute Gasteiger partial charge is 0.144 e. The van der Waals surface area contributed by atoms with Gasteiger partial charge in [0.05, 0.1) is 17.1 Å². The molecule has 2 rings (SSSR count). The lowest BCUT2D eigenvalue weighted by molar-refractivity contribution is 0.927. The van der Waals surface area contributed by atoms with Crippen molar-refractivity contribution in [2.75, 3.05) is 0 Å². The molecule has 0 unspecified atom stereocenters. The van der Waals surface area contributed by atoms with Crippen LogP contribution < -0.4 is 5.73 Å². The Kier molecular flexibility index (Phi) is 2.54. The molecule has 2 N–H and O–H groups in total. The van der Waals surface area contributed by atoms with Crippen molar-refractivity contribution in [1.29, 1.82) is 0 Å². The molecular formula is C9H7Cl2N3. The number of hydrogen-bond donors (Lipinski definition) is 1. The molecule has 2 aromatic rings. The number of nitrogens with zero attached hydrogens (tertiary/aromatic N) is 2. The van der Waals surface area contributed by atoms with E-state index in [9.17, 15) is 0 Å². The first-order valence-corrected chi connectivity index (χ1v) is 4.78. The largest absolute Gasteiger partial charge is 0.324 e. The normalized spacial score (nSPS) is 10.8. The van der Waals surface area contributed by atoms with Gasteiger partial charge in [-0.25, -0.2) is 9.97 Å². The topological polar surface area (TPSA) is 51.8 Å². The molecule has 0 fully saturated rings. The number of aromatic nitrogens is 2. The summed E-state index contributed by atoms with van der Waals surface area (Å²) in [6, 6.07) is 5.39. The summed E-state index contributed by atoms with van der Waals surface area (Å²) in [5.41, 5.74) is 6.08. The fourth-order valence-electron chi connectivity index (χ4n) is 1.21. The molecule has 1 heterocycles. The summed E-state index contributed by atoms with van der Waals surface area (Å²) in [7, 11) is 0. The van der Waals surface area contributed by atoms with E-state index in [2.05, 4.69) is 9.97 Å². The number of nitrogens with two attached hydrogens (primary N) is 1. The average molecular weight is 228 g/mol. The minimum Gasteiger partial charge on any atom is -0.324 e. The van der Waals surface area contributed by atoms with Crippen LogP contribution in [0.5, 0.6) is 0 Å². The summed E-state index contributed by atoms with van der Waals surface area (Å²) in [6.07, 6.45) is 0. The van der Waals surface area contributed by atoms with Crippen molar-refractivity contribution in [3.8, 4) is 0 Å². The molecule has 0 spiro atoms. The third-order valence-electron chi connectivity index (χ3n) is 1.86. The van der Waals surface area contributed by atoms with Crippen LogP contribution in [-0.2, 0) is 6.54 Å². The van der Waals surface area contributed by atoms with E-state index < -0.39 is 0 Å². The van der Waals surface area contributed by atoms with Gasteiger partial charge in [0, 0.05) is 5.39 Å². The number of fused-ring (bicyclic) bond motifs is 1. The van der Waals surface area contributed by atoms with Crippen molar-refractivity contribution >= 4 is 34.1 Å². The third-order valence-corrected chi connectivity index (χ3v) is 2.45. The van der Waals surface area contributed by atoms with Crippen LogP contribution in [0.3, 0.4) is 0 Å². The Morgan fingerprint density at radius 3 is 2.71 bits per heavy atom. The zero-order chi connectivity index (χ0) is 10.1. The van der Waals surface area contributed by atoms with E-state index in [1.807, 2.05) is 12.1 Å². The van der Waals surface area contributed by atoms with E-state index in [1.54, 1.807) is 6.07 Å². The molecule has 0 aliphatic carbocycles. The summed E-state index contributed by atoms with van der Waals surface area (Å²) >= 11 is 11.9. The molecule has 0 atom stereocenters. The van der Waals surface area contributed by atoms with E-state index in [-0.39, 0.29) is 6.54 Å². The predicted molar refractivity (Wildman–Crippen MR) is 57.4 cm³/mol. The molecule has 1 aromatic heterocycles. The second kappa shape index (κ2) is 3.69. The van der Waals surface area contributed by atoms with Crippen LogP contribution in [0.1, 0.15) is 5.82 Å². The van der Waals surface area contributed by atoms with Gasteiger partial charge in [-0.2, -0.15) is 0 Å². The van der Waals surface area contributed by atoms with Gasteiger partial charge in [0.15, 0.2) is 0 Å². The van der Waals surface area contributed by atoms with Crippen molar-refractivity contribution in [2.45, 2.75) is 6.54 Å².